The van der Waals surface area contributed by atoms with Gasteiger partial charge in [0.2, 0.25) is 0 Å². The minimum absolute atomic E-state index is 0.0989. The molecule has 0 radical (unpaired) electrons. The van der Waals surface area contributed by atoms with Gasteiger partial charge in [0.25, 0.3) is 10.2 Å². The monoisotopic (exact) mass is 253 g/mol. The van der Waals surface area contributed by atoms with E-state index in [0.29, 0.717) is 0 Å². The van der Waals surface area contributed by atoms with Gasteiger partial charge in [-0.2, -0.15) is 17.9 Å². The van der Waals surface area contributed by atoms with Crippen LogP contribution in [0.5, 0.6) is 0 Å². The molecule has 0 heterocycles. The standard InChI is InChI=1S/C8H19N3O2S2/c1-7(2,3)10-15(12,13)11-8(4,5)6(9)14/h10-11H,1-5H3,(H2,9,14). The van der Waals surface area contributed by atoms with E-state index in [4.69, 9.17) is 18.0 Å². The van der Waals surface area contributed by atoms with E-state index in [2.05, 4.69) is 9.44 Å². The Morgan fingerprint density at radius 3 is 1.80 bits per heavy atom. The minimum atomic E-state index is -3.61. The van der Waals surface area contributed by atoms with Gasteiger partial charge in [-0.1, -0.05) is 12.2 Å². The molecule has 0 saturated carbocycles. The molecule has 0 aliphatic heterocycles. The number of hydrogen-bond donors (Lipinski definition) is 3. The summed E-state index contributed by atoms with van der Waals surface area (Å²) in [5.74, 6) is 0. The Kier molecular flexibility index (Phi) is 4.26. The summed E-state index contributed by atoms with van der Waals surface area (Å²) in [6.45, 7) is 8.47. The molecule has 0 aromatic rings. The molecular weight excluding hydrogens is 234 g/mol. The predicted molar refractivity (Wildman–Crippen MR) is 65.8 cm³/mol. The van der Waals surface area contributed by atoms with Crippen molar-refractivity contribution in [2.75, 3.05) is 0 Å². The van der Waals surface area contributed by atoms with E-state index in [9.17, 15) is 8.42 Å². The van der Waals surface area contributed by atoms with Crippen LogP contribution in [0.1, 0.15) is 34.6 Å². The zero-order valence-electron chi connectivity index (χ0n) is 9.71. The van der Waals surface area contributed by atoms with Crippen molar-refractivity contribution in [1.82, 2.24) is 9.44 Å². The van der Waals surface area contributed by atoms with Gasteiger partial charge in [0.1, 0.15) is 0 Å². The summed E-state index contributed by atoms with van der Waals surface area (Å²) in [5, 5.41) is 0. The number of nitrogens with one attached hydrogen (secondary N) is 2. The maximum Gasteiger partial charge on any atom is 0.278 e. The topological polar surface area (TPSA) is 84.2 Å². The fourth-order valence-corrected chi connectivity index (χ4v) is 2.57. The molecule has 0 amide bonds. The van der Waals surface area contributed by atoms with Gasteiger partial charge in [0, 0.05) is 5.54 Å². The van der Waals surface area contributed by atoms with Crippen molar-refractivity contribution in [2.45, 2.75) is 45.7 Å². The molecule has 0 aliphatic carbocycles. The van der Waals surface area contributed by atoms with E-state index >= 15 is 0 Å². The fourth-order valence-electron chi connectivity index (χ4n) is 0.815. The van der Waals surface area contributed by atoms with Crippen LogP contribution in [0.2, 0.25) is 0 Å². The van der Waals surface area contributed by atoms with Crippen LogP contribution in [0.4, 0.5) is 0 Å². The number of rotatable bonds is 4. The van der Waals surface area contributed by atoms with Gasteiger partial charge in [0.15, 0.2) is 0 Å². The van der Waals surface area contributed by atoms with Crippen LogP contribution >= 0.6 is 12.2 Å². The molecule has 0 saturated heterocycles. The zero-order chi connectivity index (χ0) is 12.5. The lowest BCUT2D eigenvalue weighted by Gasteiger charge is -2.28. The first-order valence-electron chi connectivity index (χ1n) is 4.48. The summed E-state index contributed by atoms with van der Waals surface area (Å²) >= 11 is 4.76. The van der Waals surface area contributed by atoms with Gasteiger partial charge in [-0.05, 0) is 34.6 Å². The fraction of sp³-hybridized carbons (Fsp3) is 0.875. The third-order valence-electron chi connectivity index (χ3n) is 1.45. The average Bonchev–Trinajstić information content (AvgIpc) is 1.75. The van der Waals surface area contributed by atoms with E-state index < -0.39 is 21.3 Å². The predicted octanol–water partition coefficient (Wildman–Crippen LogP) is 0.274. The quantitative estimate of drug-likeness (QED) is 0.628. The SMILES string of the molecule is CC(C)(C)NS(=O)(=O)NC(C)(C)C(N)=S. The molecule has 15 heavy (non-hydrogen) atoms. The molecule has 0 rings (SSSR count). The molecule has 4 N–H and O–H groups in total. The molecular formula is C8H19N3O2S2. The molecule has 0 aliphatic rings. The summed E-state index contributed by atoms with van der Waals surface area (Å²) in [5.41, 5.74) is 3.94. The van der Waals surface area contributed by atoms with Gasteiger partial charge in [-0.15, -0.1) is 0 Å². The lowest BCUT2D eigenvalue weighted by molar-refractivity contribution is 0.471. The molecule has 0 unspecified atom stereocenters. The highest BCUT2D eigenvalue weighted by Gasteiger charge is 2.29. The van der Waals surface area contributed by atoms with E-state index in [1.54, 1.807) is 34.6 Å². The van der Waals surface area contributed by atoms with Gasteiger partial charge < -0.3 is 5.73 Å². The zero-order valence-corrected chi connectivity index (χ0v) is 11.3. The van der Waals surface area contributed by atoms with Crippen molar-refractivity contribution < 1.29 is 8.42 Å². The van der Waals surface area contributed by atoms with Crippen LogP contribution in [0.15, 0.2) is 0 Å². The largest absolute Gasteiger partial charge is 0.392 e. The van der Waals surface area contributed by atoms with Crippen molar-refractivity contribution in [3.8, 4) is 0 Å². The highest BCUT2D eigenvalue weighted by atomic mass is 32.2. The Labute approximate surface area is 97.0 Å². The smallest absolute Gasteiger partial charge is 0.278 e. The third kappa shape index (κ3) is 6.03. The molecule has 7 heteroatoms. The Bertz CT molecular complexity index is 341. The molecule has 0 aromatic heterocycles. The Morgan fingerprint density at radius 1 is 1.13 bits per heavy atom. The first kappa shape index (κ1) is 14.8. The highest BCUT2D eigenvalue weighted by molar-refractivity contribution is 7.87. The molecule has 0 bridgehead atoms. The summed E-state index contributed by atoms with van der Waals surface area (Å²) in [6, 6.07) is 0. The third-order valence-corrected chi connectivity index (χ3v) is 3.62. The van der Waals surface area contributed by atoms with Crippen molar-refractivity contribution in [1.29, 1.82) is 0 Å². The van der Waals surface area contributed by atoms with Crippen LogP contribution in [0, 0.1) is 0 Å². The molecule has 0 fully saturated rings. The molecule has 90 valence electrons. The second-order valence-electron chi connectivity index (χ2n) is 4.95. The number of nitrogens with two attached hydrogens (primary N) is 1. The highest BCUT2D eigenvalue weighted by Crippen LogP contribution is 2.07. The molecule has 5 nitrogen and oxygen atoms in total. The number of hydrogen-bond acceptors (Lipinski definition) is 3. The second-order valence-corrected chi connectivity index (χ2v) is 6.80. The van der Waals surface area contributed by atoms with E-state index in [-0.39, 0.29) is 4.99 Å². The summed E-state index contributed by atoms with van der Waals surface area (Å²) in [4.78, 5) is 0.0989. The normalized spacial score (nSPS) is 13.9. The first-order valence-corrected chi connectivity index (χ1v) is 6.38. The Balaban J connectivity index is 4.75. The lowest BCUT2D eigenvalue weighted by Crippen LogP contribution is -2.57. The van der Waals surface area contributed by atoms with Crippen LogP contribution in [0.25, 0.3) is 0 Å². The summed E-state index contributed by atoms with van der Waals surface area (Å²) in [7, 11) is -3.61. The molecule has 0 atom stereocenters. The molecule has 0 spiro atoms. The van der Waals surface area contributed by atoms with Crippen molar-refractivity contribution in [3.05, 3.63) is 0 Å². The van der Waals surface area contributed by atoms with E-state index in [0.717, 1.165) is 0 Å². The van der Waals surface area contributed by atoms with Gasteiger partial charge in [0.05, 0.1) is 10.5 Å². The van der Waals surface area contributed by atoms with E-state index in [1.807, 2.05) is 0 Å². The minimum Gasteiger partial charge on any atom is -0.392 e. The number of thiocarbonyl (C=S) groups is 1. The van der Waals surface area contributed by atoms with Gasteiger partial charge in [-0.25, -0.2) is 0 Å². The maximum atomic E-state index is 11.6. The average molecular weight is 253 g/mol. The van der Waals surface area contributed by atoms with Crippen LogP contribution in [-0.2, 0) is 10.2 Å². The van der Waals surface area contributed by atoms with E-state index in [1.165, 1.54) is 0 Å². The van der Waals surface area contributed by atoms with Crippen molar-refractivity contribution in [3.63, 3.8) is 0 Å². The Morgan fingerprint density at radius 2 is 1.53 bits per heavy atom. The molecule has 0 aromatic carbocycles. The van der Waals surface area contributed by atoms with Crippen LogP contribution in [0.3, 0.4) is 0 Å². The van der Waals surface area contributed by atoms with Crippen LogP contribution in [-0.4, -0.2) is 24.5 Å². The second kappa shape index (κ2) is 4.32. The van der Waals surface area contributed by atoms with Crippen molar-refractivity contribution >= 4 is 27.4 Å². The van der Waals surface area contributed by atoms with Crippen molar-refractivity contribution in [2.24, 2.45) is 5.73 Å². The van der Waals surface area contributed by atoms with Crippen LogP contribution < -0.4 is 15.2 Å². The van der Waals surface area contributed by atoms with Gasteiger partial charge in [-0.3, -0.25) is 0 Å². The maximum absolute atomic E-state index is 11.6. The summed E-state index contributed by atoms with van der Waals surface area (Å²) < 4.78 is 28.1. The lowest BCUT2D eigenvalue weighted by atomic mass is 10.1. The van der Waals surface area contributed by atoms with Gasteiger partial charge >= 0.3 is 0 Å². The first-order chi connectivity index (χ1) is 6.36. The summed E-state index contributed by atoms with van der Waals surface area (Å²) in [6.07, 6.45) is 0. The Hall–Kier alpha value is -0.240.